The van der Waals surface area contributed by atoms with Crippen molar-refractivity contribution in [3.05, 3.63) is 12.2 Å². The molecule has 0 aromatic carbocycles. The highest BCUT2D eigenvalue weighted by Gasteiger charge is 2.56. The van der Waals surface area contributed by atoms with Crippen LogP contribution in [0.5, 0.6) is 0 Å². The summed E-state index contributed by atoms with van der Waals surface area (Å²) in [7, 11) is 0. The first-order valence-electron chi connectivity index (χ1n) is 4.79. The van der Waals surface area contributed by atoms with E-state index in [0.29, 0.717) is 11.2 Å². The van der Waals surface area contributed by atoms with E-state index < -0.39 is 11.9 Å². The largest absolute Gasteiger partial charge is 0.416 e. The Kier molecular flexibility index (Phi) is 3.02. The van der Waals surface area contributed by atoms with Crippen LogP contribution in [0.1, 0.15) is 26.2 Å². The van der Waals surface area contributed by atoms with Gasteiger partial charge in [0.15, 0.2) is 5.72 Å². The summed E-state index contributed by atoms with van der Waals surface area (Å²) < 4.78 is 5.67. The molecule has 0 amide bonds. The Balaban J connectivity index is 2.11. The predicted octanol–water partition coefficient (Wildman–Crippen LogP) is 2.92. The average molecular weight is 248 g/mol. The Hall–Kier alpha value is 0.530. The minimum atomic E-state index is -0.757. The standard InChI is InChI=1S/C9H15NOPS2/c1-6(2)7-3-4-9(10)8(5-7)14-12(13)11-9/h7-8H,1,3-5,10H2,2H3/q+1/t7-,8+,9+/m1/s1. The van der Waals surface area contributed by atoms with Crippen molar-refractivity contribution < 1.29 is 4.52 Å². The summed E-state index contributed by atoms with van der Waals surface area (Å²) in [5.41, 5.74) is 7.04. The number of allylic oxidation sites excluding steroid dienone is 1. The zero-order valence-electron chi connectivity index (χ0n) is 8.23. The summed E-state index contributed by atoms with van der Waals surface area (Å²) in [5.74, 6) is 0.615. The maximum absolute atomic E-state index is 6.19. The topological polar surface area (TPSA) is 35.2 Å². The number of nitrogens with two attached hydrogens (primary N) is 1. The van der Waals surface area contributed by atoms with E-state index in [9.17, 15) is 0 Å². The fourth-order valence-corrected chi connectivity index (χ4v) is 6.88. The highest BCUT2D eigenvalue weighted by molar-refractivity contribution is 8.63. The Morgan fingerprint density at radius 1 is 1.79 bits per heavy atom. The molecule has 2 nitrogen and oxygen atoms in total. The first-order chi connectivity index (χ1) is 6.51. The fourth-order valence-electron chi connectivity index (χ4n) is 2.08. The Morgan fingerprint density at radius 3 is 3.14 bits per heavy atom. The first kappa shape index (κ1) is 11.0. The summed E-state index contributed by atoms with van der Waals surface area (Å²) in [6.45, 7) is 6.13. The smallest absolute Gasteiger partial charge is 0.298 e. The Labute approximate surface area is 94.9 Å². The molecular weight excluding hydrogens is 233 g/mol. The van der Waals surface area contributed by atoms with Gasteiger partial charge in [0.05, 0.1) is 0 Å². The first-order valence-corrected chi connectivity index (χ1v) is 8.54. The fraction of sp³-hybridized carbons (Fsp3) is 0.778. The van der Waals surface area contributed by atoms with Crippen LogP contribution in [0.15, 0.2) is 12.2 Å². The molecule has 0 radical (unpaired) electrons. The molecule has 2 N–H and O–H groups in total. The lowest BCUT2D eigenvalue weighted by molar-refractivity contribution is 0.0580. The molecular formula is C9H15NOPS2+. The SMILES string of the molecule is C=C(C)[C@@H]1CC[C@]2(N)O[P+](=S)S[C@H]2C1. The summed E-state index contributed by atoms with van der Waals surface area (Å²) in [5, 5.41) is 0.390. The molecule has 0 aromatic heterocycles. The summed E-state index contributed by atoms with van der Waals surface area (Å²) in [6, 6.07) is 0. The monoisotopic (exact) mass is 248 g/mol. The number of hydrogen-bond acceptors (Lipinski definition) is 4. The van der Waals surface area contributed by atoms with Gasteiger partial charge in [-0.25, -0.2) is 0 Å². The van der Waals surface area contributed by atoms with Gasteiger partial charge in [0.25, 0.3) is 0 Å². The number of hydrogen-bond donors (Lipinski definition) is 1. The molecule has 0 spiro atoms. The second-order valence-electron chi connectivity index (χ2n) is 4.18. The van der Waals surface area contributed by atoms with Gasteiger partial charge >= 0.3 is 6.13 Å². The molecule has 1 heterocycles. The van der Waals surface area contributed by atoms with E-state index in [-0.39, 0.29) is 0 Å². The van der Waals surface area contributed by atoms with Crippen LogP contribution in [0.3, 0.4) is 0 Å². The lowest BCUT2D eigenvalue weighted by atomic mass is 9.80. The number of fused-ring (bicyclic) bond motifs is 1. The van der Waals surface area contributed by atoms with Gasteiger partial charge in [-0.05, 0) is 32.1 Å². The molecule has 14 heavy (non-hydrogen) atoms. The average Bonchev–Trinajstić information content (AvgIpc) is 2.37. The van der Waals surface area contributed by atoms with Crippen LogP contribution < -0.4 is 5.73 Å². The van der Waals surface area contributed by atoms with E-state index in [1.807, 2.05) is 0 Å². The van der Waals surface area contributed by atoms with Crippen LogP contribution in [-0.2, 0) is 16.3 Å². The molecule has 5 heteroatoms. The third-order valence-electron chi connectivity index (χ3n) is 3.08. The van der Waals surface area contributed by atoms with Gasteiger partial charge in [0, 0.05) is 0 Å². The van der Waals surface area contributed by atoms with E-state index in [4.69, 9.17) is 22.1 Å². The number of rotatable bonds is 1. The van der Waals surface area contributed by atoms with Gasteiger partial charge in [-0.2, -0.15) is 0 Å². The lowest BCUT2D eigenvalue weighted by Crippen LogP contribution is -2.51. The van der Waals surface area contributed by atoms with Gasteiger partial charge < -0.3 is 0 Å². The van der Waals surface area contributed by atoms with Crippen molar-refractivity contribution in [2.45, 2.75) is 37.2 Å². The molecule has 1 saturated heterocycles. The van der Waals surface area contributed by atoms with E-state index in [2.05, 4.69) is 13.5 Å². The van der Waals surface area contributed by atoms with Gasteiger partial charge in [-0.15, -0.1) is 4.52 Å². The molecule has 4 atom stereocenters. The molecule has 2 aliphatic rings. The minimum Gasteiger partial charge on any atom is -0.298 e. The van der Waals surface area contributed by atoms with Crippen molar-refractivity contribution in [2.24, 2.45) is 11.7 Å². The van der Waals surface area contributed by atoms with E-state index in [1.165, 1.54) is 5.57 Å². The van der Waals surface area contributed by atoms with Crippen molar-refractivity contribution in [1.82, 2.24) is 0 Å². The van der Waals surface area contributed by atoms with Crippen molar-refractivity contribution in [1.29, 1.82) is 0 Å². The molecule has 78 valence electrons. The van der Waals surface area contributed by atoms with Crippen molar-refractivity contribution in [3.8, 4) is 0 Å². The van der Waals surface area contributed by atoms with Crippen LogP contribution >= 0.6 is 17.5 Å². The highest BCUT2D eigenvalue weighted by atomic mass is 32.9. The van der Waals surface area contributed by atoms with Crippen LogP contribution in [0, 0.1) is 5.92 Å². The lowest BCUT2D eigenvalue weighted by Gasteiger charge is -2.33. The highest BCUT2D eigenvalue weighted by Crippen LogP contribution is 2.60. The van der Waals surface area contributed by atoms with E-state index in [1.54, 1.807) is 11.4 Å². The molecule has 0 bridgehead atoms. The quantitative estimate of drug-likeness (QED) is 0.571. The normalized spacial score (nSPS) is 44.9. The second kappa shape index (κ2) is 3.84. The predicted molar refractivity (Wildman–Crippen MR) is 65.8 cm³/mol. The van der Waals surface area contributed by atoms with Crippen molar-refractivity contribution >= 4 is 29.3 Å². The summed E-state index contributed by atoms with van der Waals surface area (Å²) in [6.07, 6.45) is 2.36. The molecule has 1 aliphatic heterocycles. The Bertz CT molecular complexity index is 297. The van der Waals surface area contributed by atoms with Crippen LogP contribution in [0.4, 0.5) is 0 Å². The minimum absolute atomic E-state index is 0.390. The second-order valence-corrected chi connectivity index (χ2v) is 8.91. The van der Waals surface area contributed by atoms with Crippen molar-refractivity contribution in [2.75, 3.05) is 0 Å². The van der Waals surface area contributed by atoms with Crippen LogP contribution in [0.25, 0.3) is 0 Å². The van der Waals surface area contributed by atoms with Crippen LogP contribution in [0.2, 0.25) is 0 Å². The summed E-state index contributed by atoms with van der Waals surface area (Å²) >= 11 is 6.96. The van der Waals surface area contributed by atoms with Crippen molar-refractivity contribution in [3.63, 3.8) is 0 Å². The van der Waals surface area contributed by atoms with E-state index in [0.717, 1.165) is 19.3 Å². The zero-order chi connectivity index (χ0) is 10.3. The Morgan fingerprint density at radius 2 is 2.50 bits per heavy atom. The molecule has 1 unspecified atom stereocenters. The maximum atomic E-state index is 6.19. The third kappa shape index (κ3) is 1.91. The molecule has 1 aliphatic carbocycles. The third-order valence-corrected chi connectivity index (χ3v) is 7.09. The zero-order valence-corrected chi connectivity index (χ0v) is 10.8. The van der Waals surface area contributed by atoms with Gasteiger partial charge in [0.1, 0.15) is 16.6 Å². The van der Waals surface area contributed by atoms with Gasteiger partial charge in [-0.3, -0.25) is 5.73 Å². The van der Waals surface area contributed by atoms with E-state index >= 15 is 0 Å². The maximum Gasteiger partial charge on any atom is 0.416 e. The molecule has 2 rings (SSSR count). The molecule has 0 aromatic rings. The van der Waals surface area contributed by atoms with Crippen LogP contribution in [-0.4, -0.2) is 11.0 Å². The van der Waals surface area contributed by atoms with Gasteiger partial charge in [-0.1, -0.05) is 12.2 Å². The molecule has 2 fully saturated rings. The summed E-state index contributed by atoms with van der Waals surface area (Å²) in [4.78, 5) is 0. The molecule has 1 saturated carbocycles. The van der Waals surface area contributed by atoms with Gasteiger partial charge in [0.2, 0.25) is 11.8 Å².